The molecule has 2 saturated heterocycles. The van der Waals surface area contributed by atoms with E-state index in [1.54, 1.807) is 6.92 Å². The highest BCUT2D eigenvalue weighted by Crippen LogP contribution is 2.48. The van der Waals surface area contributed by atoms with E-state index in [0.29, 0.717) is 0 Å². The fraction of sp³-hybridized carbons (Fsp3) is 0.769. The summed E-state index contributed by atoms with van der Waals surface area (Å²) in [4.78, 5) is 35.7. The Bertz CT molecular complexity index is 675. The van der Waals surface area contributed by atoms with E-state index in [1.807, 2.05) is 0 Å². The molecule has 0 radical (unpaired) electrons. The van der Waals surface area contributed by atoms with Crippen LogP contribution >= 0.6 is 15.9 Å². The van der Waals surface area contributed by atoms with Crippen LogP contribution in [0, 0.1) is 0 Å². The SMILES string of the molecule is CCOC(=O)OC(C)OC(=O)[C@@H]1N2C(=O)[C@@H](Br)[C@H]2S(=O)(=O)C1(C)C. The molecule has 4 atom stereocenters. The van der Waals surface area contributed by atoms with E-state index in [-0.39, 0.29) is 6.61 Å². The van der Waals surface area contributed by atoms with Crippen molar-refractivity contribution < 1.29 is 37.0 Å². The summed E-state index contributed by atoms with van der Waals surface area (Å²) in [5.41, 5.74) is 0. The maximum absolute atomic E-state index is 12.6. The topological polar surface area (TPSA) is 116 Å². The molecule has 24 heavy (non-hydrogen) atoms. The summed E-state index contributed by atoms with van der Waals surface area (Å²) in [6.07, 6.45) is -2.31. The molecular formula is C13H18BrNO8S. The van der Waals surface area contributed by atoms with Crippen LogP contribution in [0.3, 0.4) is 0 Å². The molecular weight excluding hydrogens is 410 g/mol. The predicted octanol–water partition coefficient (Wildman–Crippen LogP) is 0.556. The van der Waals surface area contributed by atoms with E-state index in [0.717, 1.165) is 4.90 Å². The van der Waals surface area contributed by atoms with Crippen molar-refractivity contribution >= 4 is 43.8 Å². The van der Waals surface area contributed by atoms with Gasteiger partial charge in [-0.15, -0.1) is 0 Å². The Hall–Kier alpha value is -1.36. The van der Waals surface area contributed by atoms with Gasteiger partial charge in [-0.3, -0.25) is 4.79 Å². The number of esters is 1. The molecule has 0 aromatic heterocycles. The van der Waals surface area contributed by atoms with Gasteiger partial charge in [0.15, 0.2) is 15.2 Å². The third-order valence-corrected chi connectivity index (χ3v) is 8.10. The third kappa shape index (κ3) is 2.67. The number of ether oxygens (including phenoxy) is 3. The number of rotatable bonds is 4. The Kier molecular flexibility index (Phi) is 4.88. The molecule has 11 heteroatoms. The number of hydrogen-bond donors (Lipinski definition) is 0. The first-order valence-electron chi connectivity index (χ1n) is 7.20. The molecule has 0 spiro atoms. The van der Waals surface area contributed by atoms with Gasteiger partial charge in [0.2, 0.25) is 12.2 Å². The number of nitrogens with zero attached hydrogens (tertiary/aromatic N) is 1. The minimum Gasteiger partial charge on any atom is -0.435 e. The monoisotopic (exact) mass is 427 g/mol. The van der Waals surface area contributed by atoms with Gasteiger partial charge < -0.3 is 19.1 Å². The second kappa shape index (κ2) is 6.17. The fourth-order valence-electron chi connectivity index (χ4n) is 2.77. The summed E-state index contributed by atoms with van der Waals surface area (Å²) in [6, 6.07) is -1.32. The van der Waals surface area contributed by atoms with Gasteiger partial charge in [-0.25, -0.2) is 18.0 Å². The van der Waals surface area contributed by atoms with Gasteiger partial charge in [0.25, 0.3) is 0 Å². The van der Waals surface area contributed by atoms with Gasteiger partial charge in [-0.1, -0.05) is 15.9 Å². The molecule has 0 saturated carbocycles. The number of fused-ring (bicyclic) bond motifs is 1. The summed E-state index contributed by atoms with van der Waals surface area (Å²) in [5.74, 6) is -1.47. The molecule has 0 bridgehead atoms. The van der Waals surface area contributed by atoms with Gasteiger partial charge in [-0.05, 0) is 20.8 Å². The quantitative estimate of drug-likeness (QED) is 0.276. The maximum Gasteiger partial charge on any atom is 0.511 e. The lowest BCUT2D eigenvalue weighted by molar-refractivity contribution is -0.179. The van der Waals surface area contributed by atoms with Crippen LogP contribution in [0.5, 0.6) is 0 Å². The van der Waals surface area contributed by atoms with Crippen LogP contribution in [-0.2, 0) is 33.6 Å². The molecule has 2 aliphatic heterocycles. The van der Waals surface area contributed by atoms with E-state index in [2.05, 4.69) is 20.7 Å². The van der Waals surface area contributed by atoms with Crippen molar-refractivity contribution in [2.75, 3.05) is 6.61 Å². The molecule has 2 rings (SSSR count). The highest BCUT2D eigenvalue weighted by Gasteiger charge is 2.72. The highest BCUT2D eigenvalue weighted by atomic mass is 79.9. The molecule has 0 N–H and O–H groups in total. The smallest absolute Gasteiger partial charge is 0.435 e. The second-order valence-corrected chi connectivity index (χ2v) is 9.51. The van der Waals surface area contributed by atoms with Crippen molar-refractivity contribution in [3.05, 3.63) is 0 Å². The summed E-state index contributed by atoms with van der Waals surface area (Å²) in [6.45, 7) is 5.67. The number of halogens is 1. The van der Waals surface area contributed by atoms with Crippen LogP contribution in [-0.4, -0.2) is 65.2 Å². The number of sulfone groups is 1. The van der Waals surface area contributed by atoms with E-state index >= 15 is 0 Å². The lowest BCUT2D eigenvalue weighted by Crippen LogP contribution is -2.64. The number of β-lactam (4-membered cyclic amide) rings is 1. The Labute approximate surface area is 147 Å². The first-order chi connectivity index (χ1) is 11.0. The summed E-state index contributed by atoms with van der Waals surface area (Å²) >= 11 is 3.03. The normalized spacial score (nSPS) is 30.8. The van der Waals surface area contributed by atoms with Gasteiger partial charge in [0.1, 0.15) is 15.6 Å². The van der Waals surface area contributed by atoms with E-state index in [9.17, 15) is 22.8 Å². The van der Waals surface area contributed by atoms with Gasteiger partial charge in [-0.2, -0.15) is 0 Å². The molecule has 0 aromatic carbocycles. The van der Waals surface area contributed by atoms with E-state index in [4.69, 9.17) is 9.47 Å². The van der Waals surface area contributed by atoms with Crippen LogP contribution in [0.1, 0.15) is 27.7 Å². The summed E-state index contributed by atoms with van der Waals surface area (Å²) in [7, 11) is -3.78. The van der Waals surface area contributed by atoms with Crippen molar-refractivity contribution in [2.24, 2.45) is 0 Å². The molecule has 9 nitrogen and oxygen atoms in total. The van der Waals surface area contributed by atoms with Crippen molar-refractivity contribution in [1.29, 1.82) is 0 Å². The van der Waals surface area contributed by atoms with Gasteiger partial charge in [0, 0.05) is 6.92 Å². The van der Waals surface area contributed by atoms with Crippen LogP contribution in [0.25, 0.3) is 0 Å². The molecule has 0 aliphatic carbocycles. The van der Waals surface area contributed by atoms with Crippen molar-refractivity contribution in [3.63, 3.8) is 0 Å². The van der Waals surface area contributed by atoms with Crippen LogP contribution in [0.15, 0.2) is 0 Å². The number of amides is 1. The molecule has 0 aromatic rings. The lowest BCUT2D eigenvalue weighted by atomic mass is 9.98. The Morgan fingerprint density at radius 3 is 2.46 bits per heavy atom. The maximum atomic E-state index is 12.6. The molecule has 1 amide bonds. The minimum absolute atomic E-state index is 0.0873. The number of carbonyl (C=O) groups excluding carboxylic acids is 3. The molecule has 2 fully saturated rings. The summed E-state index contributed by atoms with van der Waals surface area (Å²) in [5, 5.41) is -1.11. The van der Waals surface area contributed by atoms with Crippen molar-refractivity contribution in [2.45, 2.75) is 55.0 Å². The van der Waals surface area contributed by atoms with Gasteiger partial charge >= 0.3 is 12.1 Å². The Morgan fingerprint density at radius 2 is 1.92 bits per heavy atom. The zero-order chi connectivity index (χ0) is 18.4. The summed E-state index contributed by atoms with van der Waals surface area (Å²) < 4.78 is 37.8. The van der Waals surface area contributed by atoms with Crippen LogP contribution in [0.4, 0.5) is 4.79 Å². The fourth-order valence-corrected chi connectivity index (χ4v) is 6.21. The van der Waals surface area contributed by atoms with E-state index in [1.165, 1.54) is 20.8 Å². The first kappa shape index (κ1) is 19.0. The highest BCUT2D eigenvalue weighted by molar-refractivity contribution is 9.10. The number of alkyl halides is 1. The standard InChI is InChI=1S/C13H18BrNO8S/c1-5-21-12(18)23-6(2)22-11(17)8-13(3,4)24(19,20)10-7(14)9(16)15(8)10/h6-8,10H,5H2,1-4H3/t6?,7-,8+,10-/m1/s1. The van der Waals surface area contributed by atoms with Crippen molar-refractivity contribution in [1.82, 2.24) is 4.90 Å². The zero-order valence-electron chi connectivity index (χ0n) is 13.5. The van der Waals surface area contributed by atoms with Crippen LogP contribution < -0.4 is 0 Å². The Balaban J connectivity index is 2.17. The number of carbonyl (C=O) groups is 3. The molecule has 2 aliphatic rings. The average molecular weight is 428 g/mol. The predicted molar refractivity (Wildman–Crippen MR) is 83.8 cm³/mol. The first-order valence-corrected chi connectivity index (χ1v) is 9.66. The third-order valence-electron chi connectivity index (χ3n) is 4.03. The van der Waals surface area contributed by atoms with Gasteiger partial charge in [0.05, 0.1) is 6.61 Å². The minimum atomic E-state index is -3.78. The molecule has 1 unspecified atom stereocenters. The van der Waals surface area contributed by atoms with Crippen molar-refractivity contribution in [3.8, 4) is 0 Å². The average Bonchev–Trinajstić information content (AvgIpc) is 2.59. The second-order valence-electron chi connectivity index (χ2n) is 5.89. The molecule has 2 heterocycles. The Morgan fingerprint density at radius 1 is 1.33 bits per heavy atom. The van der Waals surface area contributed by atoms with E-state index < -0.39 is 55.1 Å². The number of hydrogen-bond acceptors (Lipinski definition) is 8. The van der Waals surface area contributed by atoms with Crippen LogP contribution in [0.2, 0.25) is 0 Å². The molecule has 136 valence electrons. The lowest BCUT2D eigenvalue weighted by Gasteiger charge is -2.40. The zero-order valence-corrected chi connectivity index (χ0v) is 15.9. The largest absolute Gasteiger partial charge is 0.511 e.